The third-order valence-corrected chi connectivity index (χ3v) is 6.53. The first-order chi connectivity index (χ1) is 14.5. The molecule has 4 heteroatoms. The summed E-state index contributed by atoms with van der Waals surface area (Å²) in [5.41, 5.74) is 0. The molecule has 1 aromatic rings. The minimum absolute atomic E-state index is 0.394. The Morgan fingerprint density at radius 2 is 0.967 bits per heavy atom. The van der Waals surface area contributed by atoms with E-state index in [1.165, 1.54) is 0 Å². The molecule has 1 rings (SSSR count). The van der Waals surface area contributed by atoms with Gasteiger partial charge in [-0.05, 0) is 65.5 Å². The minimum Gasteiger partial charge on any atom is -0.481 e. The molecule has 0 aliphatic carbocycles. The van der Waals surface area contributed by atoms with Crippen LogP contribution in [0.5, 0.6) is 11.5 Å². The lowest BCUT2D eigenvalue weighted by Crippen LogP contribution is -2.47. The Kier molecular flexibility index (Phi) is 12.1. The standard InChI is InChI=1S/C26H42N2O2/c1-7-27(8-2,9-3)20-13-15-22-29-25-18-17-19-26(24-25)30-23-16-14-21-28(10-4,11-5)12-6/h17-19,24H,7-12,20-23H2,1-6H3/q+2. The maximum Gasteiger partial charge on any atom is 0.149 e. The number of hydrogen-bond donors (Lipinski definition) is 0. The Bertz CT molecular complexity index is 653. The highest BCUT2D eigenvalue weighted by molar-refractivity contribution is 5.33. The van der Waals surface area contributed by atoms with E-state index in [1.807, 2.05) is 24.3 Å². The number of ether oxygens (including phenoxy) is 2. The van der Waals surface area contributed by atoms with Crippen molar-refractivity contribution in [1.82, 2.24) is 0 Å². The van der Waals surface area contributed by atoms with Gasteiger partial charge in [-0.3, -0.25) is 0 Å². The van der Waals surface area contributed by atoms with Crippen molar-refractivity contribution in [3.05, 3.63) is 24.3 Å². The topological polar surface area (TPSA) is 18.5 Å². The maximum atomic E-state index is 5.78. The van der Waals surface area contributed by atoms with Crippen LogP contribution < -0.4 is 9.47 Å². The van der Waals surface area contributed by atoms with Crippen LogP contribution in [0.4, 0.5) is 0 Å². The monoisotopic (exact) mass is 414 g/mol. The summed E-state index contributed by atoms with van der Waals surface area (Å²) in [7, 11) is 0. The van der Waals surface area contributed by atoms with Crippen LogP contribution in [-0.4, -0.2) is 74.5 Å². The molecular formula is C26H42N2O2+2. The molecule has 0 bridgehead atoms. The molecule has 0 spiro atoms. The molecule has 0 saturated carbocycles. The third kappa shape index (κ3) is 8.31. The summed E-state index contributed by atoms with van der Waals surface area (Å²) in [5.74, 6) is 14.4. The summed E-state index contributed by atoms with van der Waals surface area (Å²) >= 11 is 0. The van der Waals surface area contributed by atoms with Gasteiger partial charge in [0.1, 0.15) is 37.8 Å². The molecule has 0 amide bonds. The van der Waals surface area contributed by atoms with Crippen molar-refractivity contribution in [3.63, 3.8) is 0 Å². The normalized spacial score (nSPS) is 11.1. The van der Waals surface area contributed by atoms with Gasteiger partial charge in [-0.15, -0.1) is 0 Å². The Morgan fingerprint density at radius 1 is 0.600 bits per heavy atom. The van der Waals surface area contributed by atoms with Crippen LogP contribution in [-0.2, 0) is 0 Å². The summed E-state index contributed by atoms with van der Waals surface area (Å²) in [6.07, 6.45) is 0. The lowest BCUT2D eigenvalue weighted by Gasteiger charge is -2.33. The highest BCUT2D eigenvalue weighted by Crippen LogP contribution is 2.19. The SMILES string of the molecule is CC[N+](CC)(CC)CC#CCOc1cccc(OCC#CC[N+](CC)(CC)CC)c1. The van der Waals surface area contributed by atoms with E-state index in [0.717, 1.165) is 72.8 Å². The Hall–Kier alpha value is -2.14. The van der Waals surface area contributed by atoms with Crippen LogP contribution in [0.1, 0.15) is 41.5 Å². The minimum atomic E-state index is 0.394. The maximum absolute atomic E-state index is 5.78. The molecule has 0 aliphatic heterocycles. The second-order valence-electron chi connectivity index (χ2n) is 7.66. The van der Waals surface area contributed by atoms with Crippen molar-refractivity contribution in [2.24, 2.45) is 0 Å². The molecule has 0 heterocycles. The van der Waals surface area contributed by atoms with E-state index >= 15 is 0 Å². The van der Waals surface area contributed by atoms with E-state index in [9.17, 15) is 0 Å². The molecule has 0 aromatic heterocycles. The average Bonchev–Trinajstić information content (AvgIpc) is 2.80. The van der Waals surface area contributed by atoms with Crippen molar-refractivity contribution in [2.75, 3.05) is 65.6 Å². The van der Waals surface area contributed by atoms with Gasteiger partial charge in [-0.2, -0.15) is 0 Å². The number of quaternary nitrogens is 2. The fraction of sp³-hybridized carbons (Fsp3) is 0.615. The van der Waals surface area contributed by atoms with E-state index in [0.29, 0.717) is 13.2 Å². The number of nitrogens with zero attached hydrogens (tertiary/aromatic N) is 2. The van der Waals surface area contributed by atoms with Gasteiger partial charge in [0, 0.05) is 6.07 Å². The van der Waals surface area contributed by atoms with E-state index in [2.05, 4.69) is 65.2 Å². The molecule has 0 aliphatic rings. The van der Waals surface area contributed by atoms with E-state index in [1.54, 1.807) is 0 Å². The zero-order valence-electron chi connectivity index (χ0n) is 20.1. The van der Waals surface area contributed by atoms with E-state index in [4.69, 9.17) is 9.47 Å². The van der Waals surface area contributed by atoms with Gasteiger partial charge >= 0.3 is 0 Å². The lowest BCUT2D eigenvalue weighted by molar-refractivity contribution is -0.916. The zero-order valence-corrected chi connectivity index (χ0v) is 20.1. The third-order valence-electron chi connectivity index (χ3n) is 6.53. The molecule has 0 atom stereocenters. The fourth-order valence-electron chi connectivity index (χ4n) is 3.45. The summed E-state index contributed by atoms with van der Waals surface area (Å²) in [5, 5.41) is 0. The average molecular weight is 415 g/mol. The summed E-state index contributed by atoms with van der Waals surface area (Å²) in [6.45, 7) is 22.6. The molecule has 1 aromatic carbocycles. The molecule has 4 nitrogen and oxygen atoms in total. The smallest absolute Gasteiger partial charge is 0.149 e. The Morgan fingerprint density at radius 3 is 1.30 bits per heavy atom. The second-order valence-corrected chi connectivity index (χ2v) is 7.66. The molecule has 0 fully saturated rings. The van der Waals surface area contributed by atoms with Crippen LogP contribution in [0.2, 0.25) is 0 Å². The first-order valence-electron chi connectivity index (χ1n) is 11.5. The summed E-state index contributed by atoms with van der Waals surface area (Å²) in [4.78, 5) is 0. The second kappa shape index (κ2) is 14.0. The van der Waals surface area contributed by atoms with Crippen LogP contribution in [0.25, 0.3) is 0 Å². The molecule has 0 N–H and O–H groups in total. The van der Waals surface area contributed by atoms with Crippen molar-refractivity contribution >= 4 is 0 Å². The van der Waals surface area contributed by atoms with E-state index < -0.39 is 0 Å². The molecule has 0 radical (unpaired) electrons. The number of rotatable bonds is 12. The molecule has 0 saturated heterocycles. The highest BCUT2D eigenvalue weighted by atomic mass is 16.5. The zero-order chi connectivity index (χ0) is 22.3. The van der Waals surface area contributed by atoms with Crippen LogP contribution >= 0.6 is 0 Å². The number of benzene rings is 1. The van der Waals surface area contributed by atoms with Gasteiger partial charge < -0.3 is 18.4 Å². The Balaban J connectivity index is 2.50. The summed E-state index contributed by atoms with van der Waals surface area (Å²) in [6, 6.07) is 7.70. The van der Waals surface area contributed by atoms with Gasteiger partial charge in [0.15, 0.2) is 0 Å². The van der Waals surface area contributed by atoms with Crippen molar-refractivity contribution in [3.8, 4) is 35.2 Å². The molecule has 30 heavy (non-hydrogen) atoms. The molecular weight excluding hydrogens is 372 g/mol. The van der Waals surface area contributed by atoms with Crippen molar-refractivity contribution < 1.29 is 18.4 Å². The van der Waals surface area contributed by atoms with Gasteiger partial charge in [0.25, 0.3) is 0 Å². The fourth-order valence-corrected chi connectivity index (χ4v) is 3.45. The first kappa shape index (κ1) is 25.9. The highest BCUT2D eigenvalue weighted by Gasteiger charge is 2.19. The Labute approximate surface area is 185 Å². The van der Waals surface area contributed by atoms with Gasteiger partial charge in [0.05, 0.1) is 39.3 Å². The van der Waals surface area contributed by atoms with Crippen molar-refractivity contribution in [2.45, 2.75) is 41.5 Å². The van der Waals surface area contributed by atoms with Crippen LogP contribution in [0.3, 0.4) is 0 Å². The molecule has 0 unspecified atom stereocenters. The van der Waals surface area contributed by atoms with Crippen LogP contribution in [0, 0.1) is 23.7 Å². The predicted molar refractivity (Wildman–Crippen MR) is 126 cm³/mol. The lowest BCUT2D eigenvalue weighted by atomic mass is 10.3. The van der Waals surface area contributed by atoms with Crippen LogP contribution in [0.15, 0.2) is 24.3 Å². The van der Waals surface area contributed by atoms with Crippen molar-refractivity contribution in [1.29, 1.82) is 0 Å². The quantitative estimate of drug-likeness (QED) is 0.377. The largest absolute Gasteiger partial charge is 0.481 e. The first-order valence-corrected chi connectivity index (χ1v) is 11.5. The van der Waals surface area contributed by atoms with E-state index in [-0.39, 0.29) is 0 Å². The predicted octanol–water partition coefficient (Wildman–Crippen LogP) is 4.20. The summed E-state index contributed by atoms with van der Waals surface area (Å²) < 4.78 is 13.6. The van der Waals surface area contributed by atoms with Gasteiger partial charge in [-0.1, -0.05) is 17.9 Å². The molecule has 166 valence electrons. The van der Waals surface area contributed by atoms with Gasteiger partial charge in [0.2, 0.25) is 0 Å². The van der Waals surface area contributed by atoms with Gasteiger partial charge in [-0.25, -0.2) is 0 Å². The number of hydrogen-bond acceptors (Lipinski definition) is 2.